The Morgan fingerprint density at radius 2 is 1.64 bits per heavy atom. The van der Waals surface area contributed by atoms with Crippen LogP contribution in [-0.4, -0.2) is 67.4 Å². The summed E-state index contributed by atoms with van der Waals surface area (Å²) in [6.45, 7) is 13.7. The second-order valence-electron chi connectivity index (χ2n) is 12.6. The van der Waals surface area contributed by atoms with E-state index < -0.39 is 17.6 Å². The quantitative estimate of drug-likeness (QED) is 0.284. The summed E-state index contributed by atoms with van der Waals surface area (Å²) in [5, 5.41) is 3.87. The topological polar surface area (TPSA) is 82.0 Å². The zero-order chi connectivity index (χ0) is 33.6. The molecule has 2 heterocycles. The number of likely N-dealkylation sites (tertiary alicyclic amines) is 1. The number of ether oxygens (including phenoxy) is 3. The number of rotatable bonds is 5. The van der Waals surface area contributed by atoms with E-state index in [2.05, 4.69) is 15.0 Å². The van der Waals surface area contributed by atoms with E-state index in [1.54, 1.807) is 37.1 Å². The minimum absolute atomic E-state index is 0.0324. The molecule has 5 rings (SSSR count). The number of anilines is 1. The molecule has 0 amide bonds. The minimum Gasteiger partial charge on any atom is -0.496 e. The Balaban J connectivity index is 0.000000331. The van der Waals surface area contributed by atoms with E-state index in [0.717, 1.165) is 59.4 Å². The van der Waals surface area contributed by atoms with Crippen molar-refractivity contribution >= 4 is 28.7 Å². The van der Waals surface area contributed by atoms with Gasteiger partial charge in [0.15, 0.2) is 0 Å². The van der Waals surface area contributed by atoms with E-state index in [-0.39, 0.29) is 24.2 Å². The number of carbonyl (C=O) groups excluding carboxylic acids is 2. The van der Waals surface area contributed by atoms with E-state index in [1.165, 1.54) is 7.11 Å². The fourth-order valence-corrected chi connectivity index (χ4v) is 6.17. The number of aromatic nitrogens is 1. The molecule has 2 fully saturated rings. The van der Waals surface area contributed by atoms with Crippen LogP contribution < -0.4 is 10.1 Å². The number of benzene rings is 2. The van der Waals surface area contributed by atoms with Crippen molar-refractivity contribution in [2.24, 2.45) is 5.41 Å². The van der Waals surface area contributed by atoms with E-state index >= 15 is 0 Å². The Kier molecular flexibility index (Phi) is 11.6. The number of hydrogen-bond acceptors (Lipinski definition) is 7. The van der Waals surface area contributed by atoms with Crippen molar-refractivity contribution in [1.29, 1.82) is 0 Å². The number of nitrogens with one attached hydrogen (secondary N) is 1. The minimum atomic E-state index is -2.47. The van der Waals surface area contributed by atoms with Crippen molar-refractivity contribution in [1.82, 2.24) is 9.47 Å². The van der Waals surface area contributed by atoms with E-state index in [4.69, 9.17) is 9.47 Å². The highest BCUT2D eigenvalue weighted by molar-refractivity contribution is 5.96. The highest BCUT2D eigenvalue weighted by atomic mass is 19.3. The maximum Gasteiger partial charge on any atom is 0.419 e. The molecule has 3 aromatic rings. The first-order chi connectivity index (χ1) is 21.2. The number of aryl methyl sites for hydroxylation is 1. The van der Waals surface area contributed by atoms with Crippen LogP contribution in [0.1, 0.15) is 81.8 Å². The molecule has 8 nitrogen and oxygen atoms in total. The van der Waals surface area contributed by atoms with Gasteiger partial charge in [-0.2, -0.15) is 0 Å². The first kappa shape index (κ1) is 35.8. The first-order valence-corrected chi connectivity index (χ1v) is 15.6. The fraction of sp³-hybridized carbons (Fsp3) is 0.543. The maximum absolute atomic E-state index is 13.4. The molecule has 1 saturated carbocycles. The van der Waals surface area contributed by atoms with Crippen molar-refractivity contribution in [3.8, 4) is 5.75 Å². The lowest BCUT2D eigenvalue weighted by Gasteiger charge is -2.51. The van der Waals surface area contributed by atoms with Crippen LogP contribution >= 0.6 is 0 Å². The molecule has 0 bridgehead atoms. The van der Waals surface area contributed by atoms with Crippen LogP contribution in [0.5, 0.6) is 5.75 Å². The van der Waals surface area contributed by atoms with Crippen LogP contribution in [-0.2, 0) is 16.0 Å². The third-order valence-electron chi connectivity index (χ3n) is 8.21. The SMILES string of the molecule is CC.CNc1ccccc1C(=O)OC.COc1cc(C)c2c(ccn2C(=O)OC(C)(C)C)c1CN1CCC2(CC1)CC(F)(F)C2. The Morgan fingerprint density at radius 1 is 1.02 bits per heavy atom. The predicted octanol–water partition coefficient (Wildman–Crippen LogP) is 8.29. The number of piperidine rings is 1. The molecule has 0 unspecified atom stereocenters. The number of para-hydroxylation sites is 1. The third-order valence-corrected chi connectivity index (χ3v) is 8.21. The molecule has 1 saturated heterocycles. The van der Waals surface area contributed by atoms with Crippen molar-refractivity contribution in [2.45, 2.75) is 85.3 Å². The van der Waals surface area contributed by atoms with Crippen LogP contribution in [0.15, 0.2) is 42.6 Å². The van der Waals surface area contributed by atoms with Crippen LogP contribution in [0.4, 0.5) is 19.3 Å². The summed E-state index contributed by atoms with van der Waals surface area (Å²) in [5.74, 6) is -2.01. The monoisotopic (exact) mass is 629 g/mol. The van der Waals surface area contributed by atoms with Crippen LogP contribution in [0.25, 0.3) is 10.9 Å². The lowest BCUT2D eigenvalue weighted by molar-refractivity contribution is -0.178. The Hall–Kier alpha value is -3.66. The van der Waals surface area contributed by atoms with Gasteiger partial charge in [-0.05, 0) is 88.9 Å². The van der Waals surface area contributed by atoms with Gasteiger partial charge in [0, 0.05) is 49.3 Å². The number of methoxy groups -OCH3 is 2. The molecule has 0 radical (unpaired) electrons. The van der Waals surface area contributed by atoms with E-state index in [1.807, 2.05) is 65.8 Å². The van der Waals surface area contributed by atoms with Gasteiger partial charge in [-0.25, -0.2) is 18.4 Å². The standard InChI is InChI=1S/C24H32F2N2O3.C9H11NO2.C2H6/c1-16-12-19(30-5)18(13-27-10-7-23(8-11-27)14-24(25,26)15-23)17-6-9-28(20(16)17)21(29)31-22(2,3)4;1-10-8-6-4-3-5-7(8)9(11)12-2;1-2/h6,9,12H,7-8,10-11,13-15H2,1-5H3;3-6,10H,1-2H3;1-2H3. The second-order valence-corrected chi connectivity index (χ2v) is 12.6. The Labute approximate surface area is 266 Å². The molecule has 0 atom stereocenters. The van der Waals surface area contributed by atoms with E-state index in [0.29, 0.717) is 12.1 Å². The number of esters is 1. The predicted molar refractivity (Wildman–Crippen MR) is 175 cm³/mol. The summed E-state index contributed by atoms with van der Waals surface area (Å²) in [6.07, 6.45) is 3.01. The highest BCUT2D eigenvalue weighted by Crippen LogP contribution is 2.57. The normalized spacial score (nSPS) is 16.8. The molecule has 45 heavy (non-hydrogen) atoms. The van der Waals surface area contributed by atoms with Gasteiger partial charge in [0.25, 0.3) is 0 Å². The third kappa shape index (κ3) is 8.54. The zero-order valence-electron chi connectivity index (χ0n) is 28.2. The number of halogens is 2. The van der Waals surface area contributed by atoms with Crippen LogP contribution in [0, 0.1) is 12.3 Å². The second kappa shape index (κ2) is 14.6. The lowest BCUT2D eigenvalue weighted by atomic mass is 9.61. The largest absolute Gasteiger partial charge is 0.496 e. The molecule has 248 valence electrons. The van der Waals surface area contributed by atoms with Gasteiger partial charge in [-0.15, -0.1) is 0 Å². The number of hydrogen-bond donors (Lipinski definition) is 1. The number of fused-ring (bicyclic) bond motifs is 1. The summed E-state index contributed by atoms with van der Waals surface area (Å²) in [7, 11) is 4.78. The van der Waals surface area contributed by atoms with Crippen molar-refractivity contribution in [3.05, 3.63) is 59.3 Å². The molecule has 1 aliphatic carbocycles. The average molecular weight is 630 g/mol. The van der Waals surface area contributed by atoms with Gasteiger partial charge in [-0.1, -0.05) is 26.0 Å². The number of nitrogens with zero attached hydrogens (tertiary/aromatic N) is 2. The smallest absolute Gasteiger partial charge is 0.419 e. The highest BCUT2D eigenvalue weighted by Gasteiger charge is 2.56. The van der Waals surface area contributed by atoms with Gasteiger partial charge in [0.2, 0.25) is 5.92 Å². The molecule has 10 heteroatoms. The van der Waals surface area contributed by atoms with Gasteiger partial charge in [0.05, 0.1) is 25.3 Å². The van der Waals surface area contributed by atoms with E-state index in [9.17, 15) is 18.4 Å². The van der Waals surface area contributed by atoms with Gasteiger partial charge < -0.3 is 19.5 Å². The van der Waals surface area contributed by atoms with Crippen molar-refractivity contribution in [2.75, 3.05) is 39.7 Å². The molecular weight excluding hydrogens is 580 g/mol. The summed E-state index contributed by atoms with van der Waals surface area (Å²) in [6, 6.07) is 11.1. The maximum atomic E-state index is 13.4. The Morgan fingerprint density at radius 3 is 2.18 bits per heavy atom. The Bertz CT molecular complexity index is 1460. The molecule has 2 aliphatic rings. The first-order valence-electron chi connectivity index (χ1n) is 15.6. The number of carbonyl (C=O) groups is 2. The molecular formula is C35H49F2N3O5. The van der Waals surface area contributed by atoms with Crippen LogP contribution in [0.3, 0.4) is 0 Å². The molecule has 1 spiro atoms. The number of alkyl halides is 2. The molecule has 2 aromatic carbocycles. The lowest BCUT2D eigenvalue weighted by Crippen LogP contribution is -2.52. The molecule has 1 N–H and O–H groups in total. The van der Waals surface area contributed by atoms with Crippen molar-refractivity contribution in [3.63, 3.8) is 0 Å². The summed E-state index contributed by atoms with van der Waals surface area (Å²) in [4.78, 5) is 26.2. The summed E-state index contributed by atoms with van der Waals surface area (Å²) in [5.41, 5.74) is 3.34. The van der Waals surface area contributed by atoms with Gasteiger partial charge in [-0.3, -0.25) is 9.47 Å². The summed E-state index contributed by atoms with van der Waals surface area (Å²) < 4.78 is 44.2. The summed E-state index contributed by atoms with van der Waals surface area (Å²) >= 11 is 0. The zero-order valence-corrected chi connectivity index (χ0v) is 28.2. The van der Waals surface area contributed by atoms with Crippen LogP contribution in [0.2, 0.25) is 0 Å². The fourth-order valence-electron chi connectivity index (χ4n) is 6.17. The van der Waals surface area contributed by atoms with Gasteiger partial charge >= 0.3 is 12.1 Å². The van der Waals surface area contributed by atoms with Crippen molar-refractivity contribution < 1.29 is 32.6 Å². The molecule has 1 aromatic heterocycles. The van der Waals surface area contributed by atoms with Gasteiger partial charge in [0.1, 0.15) is 11.4 Å². The average Bonchev–Trinajstić information content (AvgIpc) is 3.45. The molecule has 1 aliphatic heterocycles.